The largest absolute Gasteiger partial charge is 0.457 e. The molecule has 0 unspecified atom stereocenters. The number of esters is 1. The second kappa shape index (κ2) is 18.3. The third-order valence-electron chi connectivity index (χ3n) is 6.02. The molecule has 1 amide bonds. The van der Waals surface area contributed by atoms with Gasteiger partial charge in [0.1, 0.15) is 0 Å². The number of ketones is 1. The van der Waals surface area contributed by atoms with Crippen molar-refractivity contribution in [2.45, 2.75) is 111 Å². The molecule has 0 saturated heterocycles. The molecule has 0 saturated carbocycles. The summed E-state index contributed by atoms with van der Waals surface area (Å²) >= 11 is 0. The summed E-state index contributed by atoms with van der Waals surface area (Å²) in [4.78, 5) is 36.8. The Morgan fingerprint density at radius 1 is 0.697 bits per heavy atom. The van der Waals surface area contributed by atoms with E-state index in [4.69, 9.17) is 4.74 Å². The van der Waals surface area contributed by atoms with Crippen LogP contribution in [0.2, 0.25) is 0 Å². The summed E-state index contributed by atoms with van der Waals surface area (Å²) in [5, 5.41) is 0. The molecule has 0 aliphatic rings. The van der Waals surface area contributed by atoms with Crippen LogP contribution in [0.5, 0.6) is 0 Å². The summed E-state index contributed by atoms with van der Waals surface area (Å²) in [5.41, 5.74) is 1.27. The van der Waals surface area contributed by atoms with E-state index < -0.39 is 5.97 Å². The lowest BCUT2D eigenvalue weighted by Gasteiger charge is -2.21. The van der Waals surface area contributed by atoms with Crippen molar-refractivity contribution in [3.63, 3.8) is 0 Å². The number of amides is 1. The van der Waals surface area contributed by atoms with E-state index in [1.54, 1.807) is 36.1 Å². The fourth-order valence-corrected chi connectivity index (χ4v) is 4.01. The second-order valence-electron chi connectivity index (χ2n) is 9.02. The smallest absolute Gasteiger partial charge is 0.303 e. The van der Waals surface area contributed by atoms with Crippen LogP contribution in [0.1, 0.15) is 121 Å². The molecule has 0 bridgehead atoms. The van der Waals surface area contributed by atoms with Crippen molar-refractivity contribution < 1.29 is 19.1 Å². The maximum absolute atomic E-state index is 12.1. The molecule has 0 aliphatic carbocycles. The van der Waals surface area contributed by atoms with E-state index in [9.17, 15) is 14.4 Å². The van der Waals surface area contributed by atoms with Crippen molar-refractivity contribution >= 4 is 23.3 Å². The molecule has 0 aromatic heterocycles. The summed E-state index contributed by atoms with van der Waals surface area (Å²) in [5.74, 6) is -0.724. The minimum absolute atomic E-state index is 0.00341. The Kier molecular flexibility index (Phi) is 16.0. The van der Waals surface area contributed by atoms with Gasteiger partial charge in [0.2, 0.25) is 5.91 Å². The molecule has 0 atom stereocenters. The van der Waals surface area contributed by atoms with E-state index >= 15 is 0 Å². The predicted molar refractivity (Wildman–Crippen MR) is 136 cm³/mol. The van der Waals surface area contributed by atoms with Gasteiger partial charge in [-0.2, -0.15) is 0 Å². The van der Waals surface area contributed by atoms with Gasteiger partial charge in [0.05, 0.1) is 0 Å². The molecule has 33 heavy (non-hydrogen) atoms. The van der Waals surface area contributed by atoms with Gasteiger partial charge in [0.25, 0.3) is 0 Å². The average molecular weight is 460 g/mol. The van der Waals surface area contributed by atoms with Crippen LogP contribution in [0.3, 0.4) is 0 Å². The normalized spacial score (nSPS) is 10.8. The summed E-state index contributed by atoms with van der Waals surface area (Å²) in [6, 6.07) is 6.93. The quantitative estimate of drug-likeness (QED) is 0.124. The maximum atomic E-state index is 12.1. The third kappa shape index (κ3) is 13.9. The van der Waals surface area contributed by atoms with Crippen molar-refractivity contribution in [2.24, 2.45) is 0 Å². The molecule has 5 nitrogen and oxygen atoms in total. The molecule has 0 spiro atoms. The van der Waals surface area contributed by atoms with Crippen LogP contribution >= 0.6 is 0 Å². The topological polar surface area (TPSA) is 63.7 Å². The monoisotopic (exact) mass is 459 g/mol. The molecule has 0 N–H and O–H groups in total. The lowest BCUT2D eigenvalue weighted by molar-refractivity contribution is -0.139. The lowest BCUT2D eigenvalue weighted by Crippen LogP contribution is -2.29. The maximum Gasteiger partial charge on any atom is 0.303 e. The predicted octanol–water partition coefficient (Wildman–Crippen LogP) is 7.27. The average Bonchev–Trinajstić information content (AvgIpc) is 2.80. The molecule has 0 heterocycles. The van der Waals surface area contributed by atoms with E-state index in [0.717, 1.165) is 18.5 Å². The molecular weight excluding hydrogens is 414 g/mol. The van der Waals surface area contributed by atoms with Crippen molar-refractivity contribution in [1.82, 2.24) is 0 Å². The molecule has 0 radical (unpaired) electrons. The van der Waals surface area contributed by atoms with E-state index in [0.29, 0.717) is 12.1 Å². The van der Waals surface area contributed by atoms with E-state index in [2.05, 4.69) is 6.92 Å². The lowest BCUT2D eigenvalue weighted by atomic mass is 10.0. The first-order valence-electron chi connectivity index (χ1n) is 13.0. The SMILES string of the molecule is CCCCCCCCCCCCCCCCN(C(C)=O)c1ccc(C(=O)COC(C)=O)cc1. The molecule has 1 aromatic carbocycles. The zero-order valence-corrected chi connectivity index (χ0v) is 21.2. The minimum atomic E-state index is -0.476. The van der Waals surface area contributed by atoms with Crippen LogP contribution in [0.4, 0.5) is 5.69 Å². The fraction of sp³-hybridized carbons (Fsp3) is 0.679. The Hall–Kier alpha value is -2.17. The zero-order chi connectivity index (χ0) is 24.3. The van der Waals surface area contributed by atoms with Gasteiger partial charge in [0.15, 0.2) is 12.4 Å². The van der Waals surface area contributed by atoms with Gasteiger partial charge in [0, 0.05) is 31.6 Å². The molecule has 5 heteroatoms. The number of hydrogen-bond donors (Lipinski definition) is 0. The second-order valence-corrected chi connectivity index (χ2v) is 9.02. The van der Waals surface area contributed by atoms with Gasteiger partial charge in [-0.15, -0.1) is 0 Å². The summed E-state index contributed by atoms with van der Waals surface area (Å²) in [7, 11) is 0. The first kappa shape index (κ1) is 28.9. The van der Waals surface area contributed by atoms with Gasteiger partial charge < -0.3 is 9.64 Å². The van der Waals surface area contributed by atoms with Gasteiger partial charge in [-0.3, -0.25) is 14.4 Å². The number of carbonyl (C=O) groups excluding carboxylic acids is 3. The number of benzene rings is 1. The molecule has 186 valence electrons. The number of carbonyl (C=O) groups is 3. The summed E-state index contributed by atoms with van der Waals surface area (Å²) in [6.07, 6.45) is 18.3. The number of nitrogens with zero attached hydrogens (tertiary/aromatic N) is 1. The van der Waals surface area contributed by atoms with Crippen molar-refractivity contribution in [1.29, 1.82) is 0 Å². The zero-order valence-electron chi connectivity index (χ0n) is 21.2. The highest BCUT2D eigenvalue weighted by Gasteiger charge is 2.13. The van der Waals surface area contributed by atoms with Crippen LogP contribution in [-0.2, 0) is 14.3 Å². The highest BCUT2D eigenvalue weighted by Crippen LogP contribution is 2.18. The molecule has 1 aromatic rings. The first-order valence-corrected chi connectivity index (χ1v) is 13.0. The molecular formula is C28H45NO4. The number of ether oxygens (including phenoxy) is 1. The Morgan fingerprint density at radius 3 is 1.58 bits per heavy atom. The number of Topliss-reactive ketones (excluding diaryl/α,β-unsaturated/α-hetero) is 1. The Bertz CT molecular complexity index is 684. The van der Waals surface area contributed by atoms with E-state index in [1.807, 2.05) is 0 Å². The standard InChI is InChI=1S/C28H45NO4/c1-4-5-6-7-8-9-10-11-12-13-14-15-16-17-22-29(24(2)30)27-20-18-26(19-21-27)28(32)23-33-25(3)31/h18-21H,4-17,22-23H2,1-3H3. The number of hydrogen-bond acceptors (Lipinski definition) is 4. The summed E-state index contributed by atoms with van der Waals surface area (Å²) < 4.78 is 4.76. The number of anilines is 1. The van der Waals surface area contributed by atoms with Crippen molar-refractivity contribution in [3.8, 4) is 0 Å². The Morgan fingerprint density at radius 2 is 1.15 bits per heavy atom. The van der Waals surface area contributed by atoms with E-state index in [-0.39, 0.29) is 18.3 Å². The molecule has 0 aliphatic heterocycles. The minimum Gasteiger partial charge on any atom is -0.457 e. The van der Waals surface area contributed by atoms with Crippen molar-refractivity contribution in [3.05, 3.63) is 29.8 Å². The number of rotatable bonds is 19. The fourth-order valence-electron chi connectivity index (χ4n) is 4.01. The Balaban J connectivity index is 2.19. The van der Waals surface area contributed by atoms with Crippen LogP contribution in [-0.4, -0.2) is 30.8 Å². The Labute approximate surface area is 201 Å². The first-order chi connectivity index (χ1) is 16.0. The summed E-state index contributed by atoms with van der Waals surface area (Å²) in [6.45, 7) is 5.54. The van der Waals surface area contributed by atoms with Crippen LogP contribution in [0.15, 0.2) is 24.3 Å². The number of unbranched alkanes of at least 4 members (excludes halogenated alkanes) is 13. The van der Waals surface area contributed by atoms with Gasteiger partial charge in [-0.05, 0) is 30.7 Å². The van der Waals surface area contributed by atoms with Gasteiger partial charge >= 0.3 is 5.97 Å². The third-order valence-corrected chi connectivity index (χ3v) is 6.02. The van der Waals surface area contributed by atoms with E-state index in [1.165, 1.54) is 84.0 Å². The molecule has 1 rings (SSSR count). The van der Waals surface area contributed by atoms with Crippen LogP contribution < -0.4 is 4.90 Å². The highest BCUT2D eigenvalue weighted by atomic mass is 16.5. The van der Waals surface area contributed by atoms with Crippen LogP contribution in [0.25, 0.3) is 0 Å². The van der Waals surface area contributed by atoms with Gasteiger partial charge in [-0.25, -0.2) is 0 Å². The molecule has 0 fully saturated rings. The van der Waals surface area contributed by atoms with Crippen LogP contribution in [0, 0.1) is 0 Å². The van der Waals surface area contributed by atoms with Gasteiger partial charge in [-0.1, -0.05) is 90.4 Å². The highest BCUT2D eigenvalue weighted by molar-refractivity contribution is 5.98. The van der Waals surface area contributed by atoms with Crippen molar-refractivity contribution in [2.75, 3.05) is 18.1 Å².